The van der Waals surface area contributed by atoms with Crippen LogP contribution in [0, 0.1) is 0 Å². The Hall–Kier alpha value is -1.13. The van der Waals surface area contributed by atoms with E-state index in [0.29, 0.717) is 19.1 Å². The first-order chi connectivity index (χ1) is 9.80. The fourth-order valence-electron chi connectivity index (χ4n) is 1.84. The SMILES string of the molecule is CCCNCc1cc(CC)nc(OCCOCCC)c1. The molecule has 114 valence electrons. The summed E-state index contributed by atoms with van der Waals surface area (Å²) in [6.07, 6.45) is 3.10. The van der Waals surface area contributed by atoms with Crippen molar-refractivity contribution in [3.05, 3.63) is 23.4 Å². The van der Waals surface area contributed by atoms with Crippen LogP contribution < -0.4 is 10.1 Å². The van der Waals surface area contributed by atoms with Gasteiger partial charge in [0.25, 0.3) is 0 Å². The largest absolute Gasteiger partial charge is 0.475 e. The molecule has 0 atom stereocenters. The van der Waals surface area contributed by atoms with Crippen LogP contribution in [0.4, 0.5) is 0 Å². The van der Waals surface area contributed by atoms with Crippen molar-refractivity contribution in [2.24, 2.45) is 0 Å². The van der Waals surface area contributed by atoms with Crippen LogP contribution in [0.2, 0.25) is 0 Å². The van der Waals surface area contributed by atoms with Gasteiger partial charge in [-0.2, -0.15) is 0 Å². The Bertz CT molecular complexity index is 369. The molecular formula is C16H28N2O2. The van der Waals surface area contributed by atoms with Gasteiger partial charge in [-0.3, -0.25) is 0 Å². The van der Waals surface area contributed by atoms with Gasteiger partial charge in [0, 0.05) is 24.9 Å². The number of aryl methyl sites for hydroxylation is 1. The molecule has 1 rings (SSSR count). The highest BCUT2D eigenvalue weighted by Crippen LogP contribution is 2.13. The van der Waals surface area contributed by atoms with Gasteiger partial charge in [0.1, 0.15) is 6.61 Å². The van der Waals surface area contributed by atoms with Crippen molar-refractivity contribution in [1.82, 2.24) is 10.3 Å². The van der Waals surface area contributed by atoms with Crippen molar-refractivity contribution in [1.29, 1.82) is 0 Å². The summed E-state index contributed by atoms with van der Waals surface area (Å²) < 4.78 is 11.1. The molecule has 0 saturated heterocycles. The third kappa shape index (κ3) is 6.87. The minimum absolute atomic E-state index is 0.558. The summed E-state index contributed by atoms with van der Waals surface area (Å²) in [5.41, 5.74) is 2.31. The Morgan fingerprint density at radius 2 is 1.90 bits per heavy atom. The molecule has 0 bridgehead atoms. The minimum Gasteiger partial charge on any atom is -0.475 e. The third-order valence-corrected chi connectivity index (χ3v) is 2.86. The molecule has 1 N–H and O–H groups in total. The van der Waals surface area contributed by atoms with Crippen LogP contribution in [0.25, 0.3) is 0 Å². The second-order valence-electron chi connectivity index (χ2n) is 4.80. The molecule has 0 aromatic carbocycles. The van der Waals surface area contributed by atoms with Crippen LogP contribution in [-0.4, -0.2) is 31.3 Å². The lowest BCUT2D eigenvalue weighted by Crippen LogP contribution is -2.15. The van der Waals surface area contributed by atoms with Crippen LogP contribution in [0.5, 0.6) is 5.88 Å². The van der Waals surface area contributed by atoms with Crippen LogP contribution in [0.3, 0.4) is 0 Å². The van der Waals surface area contributed by atoms with Crippen molar-refractivity contribution in [2.75, 3.05) is 26.4 Å². The quantitative estimate of drug-likeness (QED) is 0.633. The lowest BCUT2D eigenvalue weighted by molar-refractivity contribution is 0.0989. The number of rotatable bonds is 11. The van der Waals surface area contributed by atoms with Crippen molar-refractivity contribution in [2.45, 2.75) is 46.6 Å². The number of aromatic nitrogens is 1. The van der Waals surface area contributed by atoms with E-state index >= 15 is 0 Å². The molecule has 1 aromatic heterocycles. The Kier molecular flexibility index (Phi) is 9.00. The average molecular weight is 280 g/mol. The number of nitrogens with one attached hydrogen (secondary N) is 1. The van der Waals surface area contributed by atoms with Crippen molar-refractivity contribution in [3.8, 4) is 5.88 Å². The molecule has 0 saturated carbocycles. The predicted molar refractivity (Wildman–Crippen MR) is 82.2 cm³/mol. The molecule has 0 spiro atoms. The maximum absolute atomic E-state index is 5.68. The van der Waals surface area contributed by atoms with Gasteiger partial charge in [-0.1, -0.05) is 20.8 Å². The molecule has 0 fully saturated rings. The van der Waals surface area contributed by atoms with E-state index < -0.39 is 0 Å². The monoisotopic (exact) mass is 280 g/mol. The van der Waals surface area contributed by atoms with Crippen molar-refractivity contribution in [3.63, 3.8) is 0 Å². The van der Waals surface area contributed by atoms with Crippen molar-refractivity contribution >= 4 is 0 Å². The van der Waals surface area contributed by atoms with E-state index in [1.54, 1.807) is 0 Å². The summed E-state index contributed by atoms with van der Waals surface area (Å²) in [5, 5.41) is 3.41. The molecule has 4 nitrogen and oxygen atoms in total. The molecule has 1 heterocycles. The summed E-state index contributed by atoms with van der Waals surface area (Å²) in [6.45, 7) is 10.2. The number of ether oxygens (including phenoxy) is 2. The number of nitrogens with zero attached hydrogens (tertiary/aromatic N) is 1. The molecule has 1 aromatic rings. The highest BCUT2D eigenvalue weighted by Gasteiger charge is 2.03. The molecule has 0 amide bonds. The standard InChI is InChI=1S/C16H28N2O2/c1-4-7-17-13-14-11-15(6-3)18-16(12-14)20-10-9-19-8-5-2/h11-12,17H,4-10,13H2,1-3H3. The van der Waals surface area contributed by atoms with E-state index in [1.165, 1.54) is 5.56 Å². The molecule has 0 aliphatic heterocycles. The van der Waals surface area contributed by atoms with E-state index in [0.717, 1.165) is 44.7 Å². The van der Waals surface area contributed by atoms with Crippen LogP contribution in [0.1, 0.15) is 44.9 Å². The highest BCUT2D eigenvalue weighted by atomic mass is 16.5. The minimum atomic E-state index is 0.558. The average Bonchev–Trinajstić information content (AvgIpc) is 2.47. The van der Waals surface area contributed by atoms with Crippen LogP contribution in [-0.2, 0) is 17.7 Å². The van der Waals surface area contributed by atoms with E-state index in [4.69, 9.17) is 9.47 Å². The van der Waals surface area contributed by atoms with E-state index in [1.807, 2.05) is 6.07 Å². The number of hydrogen-bond acceptors (Lipinski definition) is 4. The molecule has 0 radical (unpaired) electrons. The fraction of sp³-hybridized carbons (Fsp3) is 0.688. The van der Waals surface area contributed by atoms with Gasteiger partial charge >= 0.3 is 0 Å². The van der Waals surface area contributed by atoms with Gasteiger partial charge in [-0.15, -0.1) is 0 Å². The zero-order valence-corrected chi connectivity index (χ0v) is 13.1. The van der Waals surface area contributed by atoms with Crippen LogP contribution in [0.15, 0.2) is 12.1 Å². The van der Waals surface area contributed by atoms with Gasteiger partial charge in [0.15, 0.2) is 0 Å². The highest BCUT2D eigenvalue weighted by molar-refractivity contribution is 5.25. The Labute approximate surface area is 122 Å². The predicted octanol–water partition coefficient (Wildman–Crippen LogP) is 2.95. The lowest BCUT2D eigenvalue weighted by Gasteiger charge is -2.10. The fourth-order valence-corrected chi connectivity index (χ4v) is 1.84. The van der Waals surface area contributed by atoms with E-state index in [-0.39, 0.29) is 0 Å². The lowest BCUT2D eigenvalue weighted by atomic mass is 10.2. The molecule has 0 unspecified atom stereocenters. The number of pyridine rings is 1. The van der Waals surface area contributed by atoms with Gasteiger partial charge in [0.05, 0.1) is 6.61 Å². The van der Waals surface area contributed by atoms with Gasteiger partial charge in [-0.05, 0) is 37.4 Å². The van der Waals surface area contributed by atoms with E-state index in [2.05, 4.69) is 37.1 Å². The molecule has 20 heavy (non-hydrogen) atoms. The van der Waals surface area contributed by atoms with Crippen molar-refractivity contribution < 1.29 is 9.47 Å². The van der Waals surface area contributed by atoms with Gasteiger partial charge in [0.2, 0.25) is 5.88 Å². The summed E-state index contributed by atoms with van der Waals surface area (Å²) in [7, 11) is 0. The zero-order valence-electron chi connectivity index (χ0n) is 13.1. The summed E-state index contributed by atoms with van der Waals surface area (Å²) in [6, 6.07) is 4.16. The van der Waals surface area contributed by atoms with Crippen LogP contribution >= 0.6 is 0 Å². The summed E-state index contributed by atoms with van der Waals surface area (Å²) >= 11 is 0. The van der Waals surface area contributed by atoms with Gasteiger partial charge < -0.3 is 14.8 Å². The third-order valence-electron chi connectivity index (χ3n) is 2.86. The first kappa shape index (κ1) is 16.9. The maximum Gasteiger partial charge on any atom is 0.213 e. The Balaban J connectivity index is 2.49. The maximum atomic E-state index is 5.68. The Morgan fingerprint density at radius 3 is 2.60 bits per heavy atom. The molecular weight excluding hydrogens is 252 g/mol. The Morgan fingerprint density at radius 1 is 1.05 bits per heavy atom. The smallest absolute Gasteiger partial charge is 0.213 e. The first-order valence-corrected chi connectivity index (χ1v) is 7.71. The topological polar surface area (TPSA) is 43.4 Å². The summed E-state index contributed by atoms with van der Waals surface area (Å²) in [4.78, 5) is 4.49. The summed E-state index contributed by atoms with van der Waals surface area (Å²) in [5.74, 6) is 0.706. The molecule has 0 aliphatic rings. The van der Waals surface area contributed by atoms with E-state index in [9.17, 15) is 0 Å². The number of hydrogen-bond donors (Lipinski definition) is 1. The molecule has 0 aliphatic carbocycles. The van der Waals surface area contributed by atoms with Gasteiger partial charge in [-0.25, -0.2) is 4.98 Å². The molecule has 4 heteroatoms. The second-order valence-corrected chi connectivity index (χ2v) is 4.80. The second kappa shape index (κ2) is 10.6. The first-order valence-electron chi connectivity index (χ1n) is 7.71. The zero-order chi connectivity index (χ0) is 14.6. The normalized spacial score (nSPS) is 10.8.